The zero-order valence-corrected chi connectivity index (χ0v) is 10.1. The summed E-state index contributed by atoms with van der Waals surface area (Å²) in [6, 6.07) is 3.60. The number of aliphatic carboxylic acids is 1. The van der Waals surface area contributed by atoms with Crippen LogP contribution in [0.2, 0.25) is 0 Å². The van der Waals surface area contributed by atoms with Crippen molar-refractivity contribution >= 4 is 11.9 Å². The Bertz CT molecular complexity index is 447. The van der Waals surface area contributed by atoms with Crippen LogP contribution in [-0.2, 0) is 16.0 Å². The van der Waals surface area contributed by atoms with Gasteiger partial charge in [-0.25, -0.2) is 4.79 Å². The summed E-state index contributed by atoms with van der Waals surface area (Å²) in [6.07, 6.45) is 5.91. The van der Waals surface area contributed by atoms with Gasteiger partial charge < -0.3 is 10.4 Å². The Morgan fingerprint density at radius 2 is 2.33 bits per heavy atom. The SMILES string of the molecule is O=C1CCCC[C@@](Cc2cccnc2)(C(=O)O)N1. The topological polar surface area (TPSA) is 79.3 Å². The normalized spacial score (nSPS) is 24.1. The molecule has 1 saturated heterocycles. The van der Waals surface area contributed by atoms with Gasteiger partial charge in [0.25, 0.3) is 0 Å². The monoisotopic (exact) mass is 248 g/mol. The van der Waals surface area contributed by atoms with Crippen molar-refractivity contribution in [3.63, 3.8) is 0 Å². The quantitative estimate of drug-likeness (QED) is 0.840. The summed E-state index contributed by atoms with van der Waals surface area (Å²) in [6.45, 7) is 0. The van der Waals surface area contributed by atoms with Crippen molar-refractivity contribution in [1.29, 1.82) is 0 Å². The summed E-state index contributed by atoms with van der Waals surface area (Å²) in [7, 11) is 0. The van der Waals surface area contributed by atoms with Gasteiger partial charge in [0.2, 0.25) is 5.91 Å². The van der Waals surface area contributed by atoms with Gasteiger partial charge in [0.1, 0.15) is 5.54 Å². The Morgan fingerprint density at radius 1 is 1.50 bits per heavy atom. The smallest absolute Gasteiger partial charge is 0.329 e. The van der Waals surface area contributed by atoms with Crippen molar-refractivity contribution in [1.82, 2.24) is 10.3 Å². The van der Waals surface area contributed by atoms with Crippen LogP contribution in [0.3, 0.4) is 0 Å². The fourth-order valence-electron chi connectivity index (χ4n) is 2.32. The number of pyridine rings is 1. The summed E-state index contributed by atoms with van der Waals surface area (Å²) >= 11 is 0. The lowest BCUT2D eigenvalue weighted by Crippen LogP contribution is -2.55. The van der Waals surface area contributed by atoms with Gasteiger partial charge in [-0.15, -0.1) is 0 Å². The van der Waals surface area contributed by atoms with Gasteiger partial charge in [0.05, 0.1) is 0 Å². The van der Waals surface area contributed by atoms with Crippen LogP contribution in [0, 0.1) is 0 Å². The van der Waals surface area contributed by atoms with Crippen molar-refractivity contribution < 1.29 is 14.7 Å². The maximum atomic E-state index is 11.6. The minimum absolute atomic E-state index is 0.182. The Morgan fingerprint density at radius 3 is 3.00 bits per heavy atom. The number of hydrogen-bond donors (Lipinski definition) is 2. The van der Waals surface area contributed by atoms with Crippen LogP contribution < -0.4 is 5.32 Å². The zero-order chi connectivity index (χ0) is 13.0. The number of nitrogens with one attached hydrogen (secondary N) is 1. The van der Waals surface area contributed by atoms with E-state index in [0.717, 1.165) is 18.4 Å². The van der Waals surface area contributed by atoms with Crippen molar-refractivity contribution in [3.05, 3.63) is 30.1 Å². The van der Waals surface area contributed by atoms with Gasteiger partial charge in [-0.2, -0.15) is 0 Å². The van der Waals surface area contributed by atoms with E-state index in [-0.39, 0.29) is 12.3 Å². The number of nitrogens with zero attached hydrogens (tertiary/aromatic N) is 1. The number of aromatic nitrogens is 1. The number of carboxylic acids is 1. The number of rotatable bonds is 3. The van der Waals surface area contributed by atoms with Crippen molar-refractivity contribution in [2.75, 3.05) is 0 Å². The second kappa shape index (κ2) is 5.16. The number of carbonyl (C=O) groups is 2. The van der Waals surface area contributed by atoms with E-state index in [1.807, 2.05) is 6.07 Å². The summed E-state index contributed by atoms with van der Waals surface area (Å²) in [5.74, 6) is -1.15. The van der Waals surface area contributed by atoms with Crippen LogP contribution in [-0.4, -0.2) is 27.5 Å². The lowest BCUT2D eigenvalue weighted by Gasteiger charge is -2.29. The number of carbonyl (C=O) groups excluding carboxylic acids is 1. The van der Waals surface area contributed by atoms with Crippen molar-refractivity contribution in [3.8, 4) is 0 Å². The summed E-state index contributed by atoms with van der Waals surface area (Å²) < 4.78 is 0. The Balaban J connectivity index is 2.26. The predicted octanol–water partition coefficient (Wildman–Crippen LogP) is 1.14. The molecule has 1 fully saturated rings. The maximum absolute atomic E-state index is 11.6. The molecule has 2 heterocycles. The third-order valence-electron chi connectivity index (χ3n) is 3.27. The first-order chi connectivity index (χ1) is 8.62. The molecule has 5 nitrogen and oxygen atoms in total. The van der Waals surface area contributed by atoms with E-state index in [0.29, 0.717) is 12.8 Å². The molecule has 1 aromatic rings. The highest BCUT2D eigenvalue weighted by molar-refractivity contribution is 5.87. The van der Waals surface area contributed by atoms with Crippen LogP contribution in [0.25, 0.3) is 0 Å². The first-order valence-electron chi connectivity index (χ1n) is 6.06. The molecule has 0 saturated carbocycles. The molecule has 2 N–H and O–H groups in total. The average molecular weight is 248 g/mol. The first-order valence-corrected chi connectivity index (χ1v) is 6.06. The van der Waals surface area contributed by atoms with E-state index in [1.54, 1.807) is 18.5 Å². The van der Waals surface area contributed by atoms with Crippen LogP contribution in [0.5, 0.6) is 0 Å². The fraction of sp³-hybridized carbons (Fsp3) is 0.462. The third-order valence-corrected chi connectivity index (χ3v) is 3.27. The van der Waals surface area contributed by atoms with Gasteiger partial charge in [-0.05, 0) is 30.9 Å². The number of amides is 1. The molecule has 1 atom stereocenters. The average Bonchev–Trinajstić information content (AvgIpc) is 2.53. The van der Waals surface area contributed by atoms with Gasteiger partial charge in [0.15, 0.2) is 0 Å². The first kappa shape index (κ1) is 12.5. The molecule has 0 bridgehead atoms. The number of hydrogen-bond acceptors (Lipinski definition) is 3. The van der Waals surface area contributed by atoms with Crippen LogP contribution in [0.4, 0.5) is 0 Å². The fourth-order valence-corrected chi connectivity index (χ4v) is 2.32. The standard InChI is InChI=1S/C13H16N2O3/c16-11-5-1-2-6-13(15-11,12(17)18)8-10-4-3-7-14-9-10/h3-4,7,9H,1-2,5-6,8H2,(H,15,16)(H,17,18)/t13-/m1/s1. The molecule has 5 heteroatoms. The van der Waals surface area contributed by atoms with Crippen molar-refractivity contribution in [2.45, 2.75) is 37.6 Å². The Labute approximate surface area is 105 Å². The molecule has 1 aliphatic heterocycles. The van der Waals surface area contributed by atoms with E-state index in [4.69, 9.17) is 0 Å². The molecule has 1 aliphatic rings. The van der Waals surface area contributed by atoms with Crippen LogP contribution >= 0.6 is 0 Å². The second-order valence-corrected chi connectivity index (χ2v) is 4.68. The van der Waals surface area contributed by atoms with Gasteiger partial charge in [-0.1, -0.05) is 6.07 Å². The maximum Gasteiger partial charge on any atom is 0.329 e. The van der Waals surface area contributed by atoms with E-state index in [9.17, 15) is 14.7 Å². The predicted molar refractivity (Wildman–Crippen MR) is 64.9 cm³/mol. The van der Waals surface area contributed by atoms with E-state index < -0.39 is 11.5 Å². The van der Waals surface area contributed by atoms with E-state index in [2.05, 4.69) is 10.3 Å². The molecule has 0 spiro atoms. The minimum Gasteiger partial charge on any atom is -0.479 e. The molecule has 0 aromatic carbocycles. The minimum atomic E-state index is -1.18. The van der Waals surface area contributed by atoms with Crippen LogP contribution in [0.15, 0.2) is 24.5 Å². The molecule has 0 aliphatic carbocycles. The molecule has 1 amide bonds. The zero-order valence-electron chi connectivity index (χ0n) is 10.1. The van der Waals surface area contributed by atoms with Gasteiger partial charge in [0, 0.05) is 25.2 Å². The summed E-state index contributed by atoms with van der Waals surface area (Å²) in [5.41, 5.74) is -0.363. The second-order valence-electron chi connectivity index (χ2n) is 4.68. The third kappa shape index (κ3) is 2.67. The van der Waals surface area contributed by atoms with Gasteiger partial charge >= 0.3 is 5.97 Å². The largest absolute Gasteiger partial charge is 0.479 e. The molecule has 96 valence electrons. The molecule has 2 rings (SSSR count). The van der Waals surface area contributed by atoms with Crippen molar-refractivity contribution in [2.24, 2.45) is 0 Å². The molecule has 18 heavy (non-hydrogen) atoms. The molecule has 0 unspecified atom stereocenters. The summed E-state index contributed by atoms with van der Waals surface area (Å²) in [5, 5.41) is 12.1. The lowest BCUT2D eigenvalue weighted by molar-refractivity contribution is -0.147. The molecular weight excluding hydrogens is 232 g/mol. The highest BCUT2D eigenvalue weighted by Gasteiger charge is 2.40. The summed E-state index contributed by atoms with van der Waals surface area (Å²) in [4.78, 5) is 27.1. The lowest BCUT2D eigenvalue weighted by atomic mass is 9.87. The molecule has 0 radical (unpaired) electrons. The van der Waals surface area contributed by atoms with E-state index >= 15 is 0 Å². The Hall–Kier alpha value is -1.91. The highest BCUT2D eigenvalue weighted by atomic mass is 16.4. The number of carboxylic acid groups (broad SMARTS) is 1. The van der Waals surface area contributed by atoms with Crippen LogP contribution in [0.1, 0.15) is 31.2 Å². The van der Waals surface area contributed by atoms with Gasteiger partial charge in [-0.3, -0.25) is 9.78 Å². The highest BCUT2D eigenvalue weighted by Crippen LogP contribution is 2.24. The molecule has 1 aromatic heterocycles. The molecular formula is C13H16N2O3. The Kier molecular flexibility index (Phi) is 3.60. The van der Waals surface area contributed by atoms with E-state index in [1.165, 1.54) is 0 Å².